The molecule has 0 spiro atoms. The topological polar surface area (TPSA) is 39.1 Å². The molecule has 0 aliphatic heterocycles. The van der Waals surface area contributed by atoms with Gasteiger partial charge in [-0.15, -0.1) is 0 Å². The summed E-state index contributed by atoms with van der Waals surface area (Å²) >= 11 is 0. The van der Waals surface area contributed by atoms with Crippen LogP contribution >= 0.6 is 0 Å². The van der Waals surface area contributed by atoms with Gasteiger partial charge in [-0.1, -0.05) is 13.8 Å². The maximum Gasteiger partial charge on any atom is 0.160 e. The summed E-state index contributed by atoms with van der Waals surface area (Å²) in [6.07, 6.45) is 1.83. The van der Waals surface area contributed by atoms with Crippen molar-refractivity contribution in [1.82, 2.24) is 15.1 Å². The molecule has 0 aliphatic carbocycles. The Morgan fingerprint density at radius 1 is 1.25 bits per heavy atom. The first-order valence-electron chi connectivity index (χ1n) is 7.53. The molecule has 4 heteroatoms. The van der Waals surface area contributed by atoms with Crippen LogP contribution in [0.2, 0.25) is 0 Å². The molecule has 0 saturated heterocycles. The number of hydrogen-bond donors (Lipinski definition) is 1. The molecule has 1 aromatic heterocycles. The maximum atomic E-state index is 5.49. The van der Waals surface area contributed by atoms with Crippen LogP contribution in [0.15, 0.2) is 6.20 Å². The molecule has 0 saturated carbocycles. The van der Waals surface area contributed by atoms with E-state index in [9.17, 15) is 0 Å². The van der Waals surface area contributed by atoms with E-state index >= 15 is 0 Å². The lowest BCUT2D eigenvalue weighted by molar-refractivity contribution is 0.337. The van der Waals surface area contributed by atoms with Gasteiger partial charge in [0, 0.05) is 17.5 Å². The fourth-order valence-corrected chi connectivity index (χ4v) is 2.27. The van der Waals surface area contributed by atoms with Crippen LogP contribution in [0, 0.1) is 5.92 Å². The Labute approximate surface area is 123 Å². The zero-order valence-corrected chi connectivity index (χ0v) is 14.3. The largest absolute Gasteiger partial charge is 0.493 e. The summed E-state index contributed by atoms with van der Waals surface area (Å²) in [6.45, 7) is 16.4. The van der Waals surface area contributed by atoms with Gasteiger partial charge in [-0.05, 0) is 47.1 Å². The Kier molecular flexibility index (Phi) is 5.63. The van der Waals surface area contributed by atoms with Gasteiger partial charge in [0.15, 0.2) is 5.75 Å². The van der Waals surface area contributed by atoms with Gasteiger partial charge >= 0.3 is 0 Å². The van der Waals surface area contributed by atoms with Gasteiger partial charge in [0.05, 0.1) is 19.0 Å². The smallest absolute Gasteiger partial charge is 0.160 e. The van der Waals surface area contributed by atoms with Crippen molar-refractivity contribution in [3.63, 3.8) is 0 Å². The van der Waals surface area contributed by atoms with Crippen molar-refractivity contribution in [3.05, 3.63) is 11.9 Å². The molecule has 1 N–H and O–H groups in total. The minimum Gasteiger partial charge on any atom is -0.493 e. The lowest BCUT2D eigenvalue weighted by Gasteiger charge is -2.28. The summed E-state index contributed by atoms with van der Waals surface area (Å²) in [5, 5.41) is 8.05. The molecule has 0 aliphatic rings. The van der Waals surface area contributed by atoms with Gasteiger partial charge in [0.1, 0.15) is 0 Å². The van der Waals surface area contributed by atoms with E-state index in [0.717, 1.165) is 12.3 Å². The number of hydrogen-bond acceptors (Lipinski definition) is 3. The SMILES string of the molecule is COc1cnn(C(C)C)c1C(C)C(C)CNC(C)(C)C. The van der Waals surface area contributed by atoms with E-state index in [0.29, 0.717) is 17.9 Å². The number of ether oxygens (including phenoxy) is 1. The summed E-state index contributed by atoms with van der Waals surface area (Å²) in [7, 11) is 1.72. The lowest BCUT2D eigenvalue weighted by atomic mass is 9.91. The summed E-state index contributed by atoms with van der Waals surface area (Å²) in [4.78, 5) is 0. The minimum atomic E-state index is 0.149. The van der Waals surface area contributed by atoms with Crippen molar-refractivity contribution < 1.29 is 4.74 Å². The van der Waals surface area contributed by atoms with Crippen molar-refractivity contribution in [3.8, 4) is 5.75 Å². The maximum absolute atomic E-state index is 5.49. The summed E-state index contributed by atoms with van der Waals surface area (Å²) in [5.74, 6) is 1.80. The number of aromatic nitrogens is 2. The van der Waals surface area contributed by atoms with Crippen LogP contribution in [-0.2, 0) is 0 Å². The van der Waals surface area contributed by atoms with Gasteiger partial charge in [-0.2, -0.15) is 5.10 Å². The highest BCUT2D eigenvalue weighted by atomic mass is 16.5. The molecule has 2 atom stereocenters. The highest BCUT2D eigenvalue weighted by Gasteiger charge is 2.25. The standard InChI is InChI=1S/C16H31N3O/c1-11(2)19-15(14(20-8)10-18-19)13(4)12(3)9-17-16(5,6)7/h10-13,17H,9H2,1-8H3. The molecule has 116 valence electrons. The predicted octanol–water partition coefficient (Wildman–Crippen LogP) is 3.60. The zero-order valence-electron chi connectivity index (χ0n) is 14.3. The Bertz CT molecular complexity index is 418. The van der Waals surface area contributed by atoms with Crippen LogP contribution in [0.5, 0.6) is 5.75 Å². The molecule has 0 bridgehead atoms. The molecule has 1 heterocycles. The van der Waals surface area contributed by atoms with Crippen LogP contribution in [0.25, 0.3) is 0 Å². The minimum absolute atomic E-state index is 0.149. The normalized spacial score (nSPS) is 15.4. The molecule has 20 heavy (non-hydrogen) atoms. The summed E-state index contributed by atoms with van der Waals surface area (Å²) < 4.78 is 7.57. The van der Waals surface area contributed by atoms with Gasteiger partial charge in [-0.25, -0.2) is 0 Å². The van der Waals surface area contributed by atoms with Crippen LogP contribution in [0.1, 0.15) is 66.1 Å². The Hall–Kier alpha value is -1.03. The fourth-order valence-electron chi connectivity index (χ4n) is 2.27. The lowest BCUT2D eigenvalue weighted by Crippen LogP contribution is -2.39. The third-order valence-electron chi connectivity index (χ3n) is 3.75. The third-order valence-corrected chi connectivity index (χ3v) is 3.75. The fraction of sp³-hybridized carbons (Fsp3) is 0.812. The summed E-state index contributed by atoms with van der Waals surface area (Å²) in [6, 6.07) is 0.346. The van der Waals surface area contributed by atoms with E-state index < -0.39 is 0 Å². The quantitative estimate of drug-likeness (QED) is 0.866. The molecule has 4 nitrogen and oxygen atoms in total. The third kappa shape index (κ3) is 4.23. The highest BCUT2D eigenvalue weighted by molar-refractivity contribution is 5.29. The molecular weight excluding hydrogens is 250 g/mol. The highest BCUT2D eigenvalue weighted by Crippen LogP contribution is 2.33. The van der Waals surface area contributed by atoms with Crippen LogP contribution in [0.3, 0.4) is 0 Å². The van der Waals surface area contributed by atoms with Gasteiger partial charge in [-0.3, -0.25) is 4.68 Å². The van der Waals surface area contributed by atoms with Crippen molar-refractivity contribution in [2.75, 3.05) is 13.7 Å². The first-order valence-corrected chi connectivity index (χ1v) is 7.53. The van der Waals surface area contributed by atoms with Crippen LogP contribution in [-0.4, -0.2) is 29.0 Å². The molecule has 0 fully saturated rings. The van der Waals surface area contributed by atoms with Crippen molar-refractivity contribution in [1.29, 1.82) is 0 Å². The van der Waals surface area contributed by atoms with E-state index in [1.807, 2.05) is 6.20 Å². The molecule has 2 unspecified atom stereocenters. The number of nitrogens with zero attached hydrogens (tertiary/aromatic N) is 2. The van der Waals surface area contributed by atoms with Crippen LogP contribution < -0.4 is 10.1 Å². The van der Waals surface area contributed by atoms with Crippen molar-refractivity contribution in [2.45, 2.75) is 66.0 Å². The first-order chi connectivity index (χ1) is 9.17. The number of rotatable bonds is 6. The molecule has 1 aromatic rings. The Balaban J connectivity index is 2.90. The Morgan fingerprint density at radius 2 is 1.85 bits per heavy atom. The number of methoxy groups -OCH3 is 1. The Morgan fingerprint density at radius 3 is 2.30 bits per heavy atom. The van der Waals surface area contributed by atoms with Crippen LogP contribution in [0.4, 0.5) is 0 Å². The molecule has 0 radical (unpaired) electrons. The second-order valence-electron chi connectivity index (χ2n) is 7.03. The monoisotopic (exact) mass is 281 g/mol. The number of nitrogens with one attached hydrogen (secondary N) is 1. The van der Waals surface area contributed by atoms with E-state index in [4.69, 9.17) is 4.74 Å². The average molecular weight is 281 g/mol. The van der Waals surface area contributed by atoms with E-state index in [-0.39, 0.29) is 5.54 Å². The zero-order chi connectivity index (χ0) is 15.5. The van der Waals surface area contributed by atoms with Gasteiger partial charge in [0.2, 0.25) is 0 Å². The van der Waals surface area contributed by atoms with E-state index in [2.05, 4.69) is 63.6 Å². The second kappa shape index (κ2) is 6.61. The summed E-state index contributed by atoms with van der Waals surface area (Å²) in [5.41, 5.74) is 1.35. The molecule has 1 rings (SSSR count). The van der Waals surface area contributed by atoms with Crippen molar-refractivity contribution in [2.24, 2.45) is 5.92 Å². The van der Waals surface area contributed by atoms with E-state index in [1.54, 1.807) is 7.11 Å². The second-order valence-corrected chi connectivity index (χ2v) is 7.03. The molecule has 0 amide bonds. The van der Waals surface area contributed by atoms with Gasteiger partial charge < -0.3 is 10.1 Å². The molecular formula is C16H31N3O. The first kappa shape index (κ1) is 17.0. The average Bonchev–Trinajstić information content (AvgIpc) is 2.77. The molecule has 0 aromatic carbocycles. The van der Waals surface area contributed by atoms with E-state index in [1.165, 1.54) is 5.69 Å². The predicted molar refractivity (Wildman–Crippen MR) is 84.5 cm³/mol. The van der Waals surface area contributed by atoms with Gasteiger partial charge in [0.25, 0.3) is 0 Å². The van der Waals surface area contributed by atoms with Crippen molar-refractivity contribution >= 4 is 0 Å².